The molecule has 3 N–H and O–H groups in total. The molecule has 192 valence electrons. The Labute approximate surface area is 212 Å². The van der Waals surface area contributed by atoms with Gasteiger partial charge in [0.2, 0.25) is 5.91 Å². The second-order valence-electron chi connectivity index (χ2n) is 9.21. The first-order valence-corrected chi connectivity index (χ1v) is 12.3. The third kappa shape index (κ3) is 5.40. The SMILES string of the molecule is C=CC(=O)N1CCN(c2nc(Nc3cnc(N4CCN(C)CC4)c(C)c3)c(C(N)=O)nc2CC)CC1. The van der Waals surface area contributed by atoms with E-state index in [2.05, 4.69) is 38.6 Å². The Hall–Kier alpha value is -3.73. The van der Waals surface area contributed by atoms with Crippen molar-refractivity contribution in [3.8, 4) is 0 Å². The third-order valence-electron chi connectivity index (χ3n) is 6.70. The van der Waals surface area contributed by atoms with Crippen LogP contribution >= 0.6 is 0 Å². The van der Waals surface area contributed by atoms with Gasteiger partial charge in [-0.2, -0.15) is 0 Å². The van der Waals surface area contributed by atoms with E-state index in [4.69, 9.17) is 15.7 Å². The van der Waals surface area contributed by atoms with E-state index in [1.807, 2.05) is 19.9 Å². The molecule has 11 nitrogen and oxygen atoms in total. The molecular weight excluding hydrogens is 458 g/mol. The molecule has 0 aromatic carbocycles. The van der Waals surface area contributed by atoms with E-state index in [0.717, 1.165) is 37.6 Å². The first-order chi connectivity index (χ1) is 17.3. The van der Waals surface area contributed by atoms with Crippen LogP contribution in [0.5, 0.6) is 0 Å². The number of anilines is 4. The molecule has 4 rings (SSSR count). The number of primary amides is 1. The Bertz CT molecular complexity index is 1140. The third-order valence-corrected chi connectivity index (χ3v) is 6.70. The lowest BCUT2D eigenvalue weighted by molar-refractivity contribution is -0.126. The van der Waals surface area contributed by atoms with Crippen LogP contribution in [0, 0.1) is 6.92 Å². The second kappa shape index (κ2) is 10.9. The minimum absolute atomic E-state index is 0.0780. The summed E-state index contributed by atoms with van der Waals surface area (Å²) in [5.74, 6) is 1.23. The Morgan fingerprint density at radius 2 is 1.69 bits per heavy atom. The van der Waals surface area contributed by atoms with Crippen molar-refractivity contribution in [1.82, 2.24) is 24.8 Å². The quantitative estimate of drug-likeness (QED) is 0.547. The molecule has 0 atom stereocenters. The van der Waals surface area contributed by atoms with E-state index >= 15 is 0 Å². The summed E-state index contributed by atoms with van der Waals surface area (Å²) in [6.45, 7) is 13.8. The molecule has 2 aliphatic rings. The largest absolute Gasteiger partial charge is 0.364 e. The van der Waals surface area contributed by atoms with Crippen LogP contribution in [0.3, 0.4) is 0 Å². The lowest BCUT2D eigenvalue weighted by Gasteiger charge is -2.35. The highest BCUT2D eigenvalue weighted by Gasteiger charge is 2.25. The number of likely N-dealkylation sites (N-methyl/N-ethyl adjacent to an activating group) is 1. The monoisotopic (exact) mass is 493 g/mol. The number of nitrogens with one attached hydrogen (secondary N) is 1. The van der Waals surface area contributed by atoms with Gasteiger partial charge in [-0.3, -0.25) is 9.59 Å². The van der Waals surface area contributed by atoms with Gasteiger partial charge in [-0.15, -0.1) is 0 Å². The van der Waals surface area contributed by atoms with Crippen molar-refractivity contribution < 1.29 is 9.59 Å². The van der Waals surface area contributed by atoms with Gasteiger partial charge in [0.05, 0.1) is 17.6 Å². The number of carbonyl (C=O) groups is 2. The van der Waals surface area contributed by atoms with Crippen molar-refractivity contribution in [2.24, 2.45) is 5.73 Å². The molecule has 0 spiro atoms. The molecule has 0 aliphatic carbocycles. The standard InChI is InChI=1S/C25H35N9O2/c1-5-19-25(34-13-11-32(12-14-34)20(35)6-2)30-23(21(29-19)22(26)36)28-18-15-17(3)24(27-16-18)33-9-7-31(4)8-10-33/h6,15-16H,2,5,7-14H2,1,3-4H3,(H2,26,36)(H,28,30). The Morgan fingerprint density at radius 1 is 1.06 bits per heavy atom. The molecule has 2 saturated heterocycles. The number of hydrogen-bond acceptors (Lipinski definition) is 9. The maximum absolute atomic E-state index is 12.3. The number of pyridine rings is 1. The molecule has 0 saturated carbocycles. The summed E-state index contributed by atoms with van der Waals surface area (Å²) in [7, 11) is 2.13. The number of aryl methyl sites for hydroxylation is 2. The predicted molar refractivity (Wildman–Crippen MR) is 141 cm³/mol. The zero-order valence-electron chi connectivity index (χ0n) is 21.3. The van der Waals surface area contributed by atoms with E-state index in [9.17, 15) is 9.59 Å². The topological polar surface area (TPSA) is 124 Å². The Kier molecular flexibility index (Phi) is 7.68. The summed E-state index contributed by atoms with van der Waals surface area (Å²) < 4.78 is 0. The van der Waals surface area contributed by atoms with Crippen LogP contribution in [-0.2, 0) is 11.2 Å². The molecule has 2 fully saturated rings. The minimum Gasteiger partial charge on any atom is -0.364 e. The fourth-order valence-corrected chi connectivity index (χ4v) is 4.60. The van der Waals surface area contributed by atoms with Gasteiger partial charge in [0.1, 0.15) is 5.82 Å². The number of carbonyl (C=O) groups excluding carboxylic acids is 2. The van der Waals surface area contributed by atoms with Gasteiger partial charge in [0.25, 0.3) is 5.91 Å². The zero-order chi connectivity index (χ0) is 25.8. The number of aromatic nitrogens is 3. The minimum atomic E-state index is -0.647. The average molecular weight is 494 g/mol. The molecule has 2 amide bonds. The van der Waals surface area contributed by atoms with Crippen LogP contribution in [0.15, 0.2) is 24.9 Å². The van der Waals surface area contributed by atoms with Gasteiger partial charge in [-0.1, -0.05) is 13.5 Å². The highest BCUT2D eigenvalue weighted by molar-refractivity contribution is 5.96. The molecular formula is C25H35N9O2. The number of amides is 2. The fourth-order valence-electron chi connectivity index (χ4n) is 4.60. The first kappa shape index (κ1) is 25.4. The predicted octanol–water partition coefficient (Wildman–Crippen LogP) is 1.17. The summed E-state index contributed by atoms with van der Waals surface area (Å²) in [5, 5.41) is 3.23. The normalized spacial score (nSPS) is 16.7. The Morgan fingerprint density at radius 3 is 2.28 bits per heavy atom. The number of nitrogens with two attached hydrogens (primary N) is 1. The van der Waals surface area contributed by atoms with Gasteiger partial charge in [0, 0.05) is 52.4 Å². The molecule has 11 heteroatoms. The molecule has 0 bridgehead atoms. The molecule has 0 unspecified atom stereocenters. The maximum Gasteiger partial charge on any atom is 0.271 e. The summed E-state index contributed by atoms with van der Waals surface area (Å²) in [5.41, 5.74) is 8.20. The lowest BCUT2D eigenvalue weighted by atomic mass is 10.2. The maximum atomic E-state index is 12.3. The van der Waals surface area contributed by atoms with Gasteiger partial charge in [0.15, 0.2) is 17.3 Å². The molecule has 2 aliphatic heterocycles. The highest BCUT2D eigenvalue weighted by atomic mass is 16.2. The van der Waals surface area contributed by atoms with Crippen molar-refractivity contribution in [3.63, 3.8) is 0 Å². The highest BCUT2D eigenvalue weighted by Crippen LogP contribution is 2.28. The summed E-state index contributed by atoms with van der Waals surface area (Å²) in [4.78, 5) is 46.8. The van der Waals surface area contributed by atoms with Crippen molar-refractivity contribution in [1.29, 1.82) is 0 Å². The van der Waals surface area contributed by atoms with Crippen LogP contribution in [0.2, 0.25) is 0 Å². The van der Waals surface area contributed by atoms with Crippen LogP contribution < -0.4 is 20.9 Å². The van der Waals surface area contributed by atoms with Crippen LogP contribution in [0.25, 0.3) is 0 Å². The molecule has 4 heterocycles. The van der Waals surface area contributed by atoms with Gasteiger partial charge >= 0.3 is 0 Å². The number of nitrogens with zero attached hydrogens (tertiary/aromatic N) is 7. The van der Waals surface area contributed by atoms with Crippen molar-refractivity contribution in [2.45, 2.75) is 20.3 Å². The Balaban J connectivity index is 1.59. The van der Waals surface area contributed by atoms with Crippen molar-refractivity contribution in [3.05, 3.63) is 41.9 Å². The summed E-state index contributed by atoms with van der Waals surface area (Å²) >= 11 is 0. The summed E-state index contributed by atoms with van der Waals surface area (Å²) in [6, 6.07) is 2.00. The number of piperazine rings is 2. The van der Waals surface area contributed by atoms with Gasteiger partial charge in [-0.05, 0) is 38.1 Å². The van der Waals surface area contributed by atoms with Gasteiger partial charge < -0.3 is 30.7 Å². The van der Waals surface area contributed by atoms with Gasteiger partial charge in [-0.25, -0.2) is 15.0 Å². The molecule has 2 aromatic heterocycles. The van der Waals surface area contributed by atoms with E-state index in [-0.39, 0.29) is 11.6 Å². The molecule has 0 radical (unpaired) electrons. The summed E-state index contributed by atoms with van der Waals surface area (Å²) in [6.07, 6.45) is 3.68. The second-order valence-corrected chi connectivity index (χ2v) is 9.21. The molecule has 2 aromatic rings. The zero-order valence-corrected chi connectivity index (χ0v) is 21.3. The van der Waals surface area contributed by atoms with E-state index in [1.54, 1.807) is 11.1 Å². The first-order valence-electron chi connectivity index (χ1n) is 12.3. The van der Waals surface area contributed by atoms with E-state index in [0.29, 0.717) is 55.6 Å². The van der Waals surface area contributed by atoms with Crippen LogP contribution in [0.1, 0.15) is 28.7 Å². The fraction of sp³-hybridized carbons (Fsp3) is 0.480. The average Bonchev–Trinajstić information content (AvgIpc) is 2.88. The smallest absolute Gasteiger partial charge is 0.271 e. The lowest BCUT2D eigenvalue weighted by Crippen LogP contribution is -2.49. The molecule has 36 heavy (non-hydrogen) atoms. The van der Waals surface area contributed by atoms with Crippen LogP contribution in [0.4, 0.5) is 23.1 Å². The number of hydrogen-bond donors (Lipinski definition) is 2. The van der Waals surface area contributed by atoms with Crippen LogP contribution in [-0.4, -0.2) is 96.0 Å². The number of rotatable bonds is 7. The van der Waals surface area contributed by atoms with E-state index < -0.39 is 5.91 Å². The van der Waals surface area contributed by atoms with E-state index in [1.165, 1.54) is 6.08 Å². The van der Waals surface area contributed by atoms with Crippen molar-refractivity contribution >= 4 is 35.0 Å². The van der Waals surface area contributed by atoms with Crippen molar-refractivity contribution in [2.75, 3.05) is 74.5 Å².